The molecule has 3 aromatic rings. The Hall–Kier alpha value is -2.64. The topological polar surface area (TPSA) is 183 Å². The largest absolute Gasteiger partial charge is 0.469 e. The van der Waals surface area contributed by atoms with E-state index in [0.29, 0.717) is 6.54 Å². The van der Waals surface area contributed by atoms with Gasteiger partial charge in [-0.25, -0.2) is 9.13 Å². The molecule has 172 valence electrons. The van der Waals surface area contributed by atoms with Crippen LogP contribution in [0.3, 0.4) is 0 Å². The first kappa shape index (κ1) is 22.6. The van der Waals surface area contributed by atoms with Gasteiger partial charge in [0.1, 0.15) is 18.3 Å². The van der Waals surface area contributed by atoms with Gasteiger partial charge in [0.05, 0.1) is 13.7 Å². The number of nitrogens with one attached hydrogen (secondary N) is 2. The van der Waals surface area contributed by atoms with Crippen LogP contribution in [0.5, 0.6) is 0 Å². The number of imidazole rings is 1. The third kappa shape index (κ3) is 4.59. The van der Waals surface area contributed by atoms with Crippen LogP contribution in [0.4, 0.5) is 5.95 Å². The van der Waals surface area contributed by atoms with Crippen molar-refractivity contribution in [2.24, 2.45) is 7.05 Å². The molecule has 3 heterocycles. The molecule has 1 aliphatic rings. The second-order valence-electron chi connectivity index (χ2n) is 7.39. The van der Waals surface area contributed by atoms with Crippen LogP contribution in [0.1, 0.15) is 11.8 Å². The van der Waals surface area contributed by atoms with E-state index in [4.69, 9.17) is 14.5 Å². The van der Waals surface area contributed by atoms with E-state index < -0.39 is 44.5 Å². The number of H-pyrrole nitrogens is 1. The van der Waals surface area contributed by atoms with Crippen molar-refractivity contribution in [2.45, 2.75) is 31.1 Å². The van der Waals surface area contributed by atoms with Crippen molar-refractivity contribution in [3.8, 4) is 0 Å². The Bertz CT molecular complexity index is 1210. The van der Waals surface area contributed by atoms with Crippen molar-refractivity contribution >= 4 is 24.9 Å². The number of aryl methyl sites for hydroxylation is 1. The maximum absolute atomic E-state index is 12.7. The molecule has 0 amide bonds. The second-order valence-corrected chi connectivity index (χ2v) is 8.63. The predicted octanol–water partition coefficient (Wildman–Crippen LogP) is -1.11. The van der Waals surface area contributed by atoms with Crippen LogP contribution in [0.2, 0.25) is 0 Å². The fraction of sp³-hybridized carbons (Fsp3) is 0.389. The molecule has 0 radical (unpaired) electrons. The number of fused-ring (bicyclic) bond motifs is 1. The van der Waals surface area contributed by atoms with Crippen LogP contribution in [0.15, 0.2) is 41.5 Å². The first-order chi connectivity index (χ1) is 15.1. The first-order valence-electron chi connectivity index (χ1n) is 9.64. The lowest BCUT2D eigenvalue weighted by atomic mass is 10.1. The number of phosphoric acid groups is 1. The number of aliphatic hydroxyl groups is 2. The molecule has 14 heteroatoms. The molecule has 1 aliphatic heterocycles. The van der Waals surface area contributed by atoms with Gasteiger partial charge in [-0.05, 0) is 5.56 Å². The highest BCUT2D eigenvalue weighted by atomic mass is 31.2. The SMILES string of the molecule is Cn1c[n+]([C@@H]2O[C@H](COP(=O)(O)O)[C@@H](O)[C@H]2O)c2nc(NCc3ccccc3)[nH]c(=O)c21. The minimum Gasteiger partial charge on any atom is -0.387 e. The fourth-order valence-corrected chi connectivity index (χ4v) is 3.91. The van der Waals surface area contributed by atoms with Gasteiger partial charge in [-0.15, -0.1) is 0 Å². The van der Waals surface area contributed by atoms with Gasteiger partial charge < -0.3 is 30.1 Å². The molecule has 0 saturated carbocycles. The second kappa shape index (κ2) is 8.71. The number of anilines is 1. The van der Waals surface area contributed by atoms with E-state index in [1.54, 1.807) is 7.05 Å². The zero-order valence-corrected chi connectivity index (χ0v) is 17.8. The summed E-state index contributed by atoms with van der Waals surface area (Å²) >= 11 is 0. The van der Waals surface area contributed by atoms with Crippen molar-refractivity contribution in [3.63, 3.8) is 0 Å². The number of aliphatic hydroxyl groups excluding tert-OH is 2. The molecule has 32 heavy (non-hydrogen) atoms. The van der Waals surface area contributed by atoms with Gasteiger partial charge in [-0.2, -0.15) is 0 Å². The van der Waals surface area contributed by atoms with E-state index in [-0.39, 0.29) is 17.1 Å². The van der Waals surface area contributed by atoms with Crippen molar-refractivity contribution in [1.82, 2.24) is 14.5 Å². The van der Waals surface area contributed by atoms with Crippen molar-refractivity contribution in [2.75, 3.05) is 11.9 Å². The summed E-state index contributed by atoms with van der Waals surface area (Å²) in [5.74, 6) is 0.195. The Morgan fingerprint density at radius 1 is 1.28 bits per heavy atom. The lowest BCUT2D eigenvalue weighted by Crippen LogP contribution is -2.46. The highest BCUT2D eigenvalue weighted by molar-refractivity contribution is 7.46. The molecule has 1 aromatic carbocycles. The molecule has 1 saturated heterocycles. The summed E-state index contributed by atoms with van der Waals surface area (Å²) in [6, 6.07) is 9.49. The Kier molecular flexibility index (Phi) is 6.14. The van der Waals surface area contributed by atoms with Gasteiger partial charge >= 0.3 is 13.5 Å². The Labute approximate surface area is 181 Å². The number of benzene rings is 1. The van der Waals surface area contributed by atoms with E-state index in [2.05, 4.69) is 19.8 Å². The summed E-state index contributed by atoms with van der Waals surface area (Å²) in [7, 11) is -3.18. The van der Waals surface area contributed by atoms with Crippen LogP contribution in [0, 0.1) is 0 Å². The predicted molar refractivity (Wildman–Crippen MR) is 109 cm³/mol. The molecule has 0 bridgehead atoms. The van der Waals surface area contributed by atoms with Crippen molar-refractivity contribution < 1.29 is 38.4 Å². The first-order valence-corrected chi connectivity index (χ1v) is 11.2. The molecule has 13 nitrogen and oxygen atoms in total. The average molecular weight is 468 g/mol. The standard InChI is InChI=1S/C18H22N5O8P/c1-22-9-23(17-14(25)13(24)11(31-17)8-30-32(27,28)29)15-12(22)16(26)21-18(20-15)19-7-10-5-3-2-4-6-10/h2-6,9,11,13-14,17,24-25H,7-8H2,1H3,(H3-,19,20,21,26,27,28,29)/p+1/t11-,13-,14-,17-/m1/s1. The molecule has 0 spiro atoms. The van der Waals surface area contributed by atoms with E-state index >= 15 is 0 Å². The van der Waals surface area contributed by atoms with Gasteiger partial charge in [0.2, 0.25) is 11.7 Å². The lowest BCUT2D eigenvalue weighted by Gasteiger charge is -2.14. The summed E-state index contributed by atoms with van der Waals surface area (Å²) in [6.07, 6.45) is -3.84. The molecule has 4 atom stereocenters. The van der Waals surface area contributed by atoms with Gasteiger partial charge in [0.15, 0.2) is 6.33 Å². The van der Waals surface area contributed by atoms with E-state index in [0.717, 1.165) is 5.56 Å². The Morgan fingerprint density at radius 3 is 2.69 bits per heavy atom. The van der Waals surface area contributed by atoms with Crippen LogP contribution < -0.4 is 15.4 Å². The van der Waals surface area contributed by atoms with Crippen LogP contribution in [-0.2, 0) is 27.4 Å². The van der Waals surface area contributed by atoms with E-state index in [1.807, 2.05) is 30.3 Å². The molecular weight excluding hydrogens is 445 g/mol. The summed E-state index contributed by atoms with van der Waals surface area (Å²) in [6.45, 7) is -0.229. The quantitative estimate of drug-likeness (QED) is 0.184. The van der Waals surface area contributed by atoms with Gasteiger partial charge in [0.25, 0.3) is 11.5 Å². The molecule has 1 fully saturated rings. The van der Waals surface area contributed by atoms with Crippen molar-refractivity contribution in [3.05, 3.63) is 52.6 Å². The summed E-state index contributed by atoms with van der Waals surface area (Å²) in [5.41, 5.74) is 0.929. The molecule has 4 rings (SSSR count). The fourth-order valence-electron chi connectivity index (χ4n) is 3.57. The average Bonchev–Trinajstić information content (AvgIpc) is 3.22. The van der Waals surface area contributed by atoms with E-state index in [9.17, 15) is 19.6 Å². The number of rotatable bonds is 7. The van der Waals surface area contributed by atoms with Crippen LogP contribution in [0.25, 0.3) is 11.2 Å². The number of nitrogens with zero attached hydrogens (tertiary/aromatic N) is 3. The van der Waals surface area contributed by atoms with Gasteiger partial charge in [0, 0.05) is 6.54 Å². The zero-order valence-electron chi connectivity index (χ0n) is 16.9. The minimum absolute atomic E-state index is 0.180. The summed E-state index contributed by atoms with van der Waals surface area (Å²) in [5, 5.41) is 23.8. The monoisotopic (exact) mass is 468 g/mol. The highest BCUT2D eigenvalue weighted by Crippen LogP contribution is 2.37. The number of aromatic amines is 1. The third-order valence-electron chi connectivity index (χ3n) is 5.09. The number of hydrogen-bond acceptors (Lipinski definition) is 8. The smallest absolute Gasteiger partial charge is 0.387 e. The number of aromatic nitrogens is 4. The maximum Gasteiger partial charge on any atom is 0.469 e. The van der Waals surface area contributed by atoms with Crippen LogP contribution >= 0.6 is 7.82 Å². The lowest BCUT2D eigenvalue weighted by molar-refractivity contribution is -0.745. The third-order valence-corrected chi connectivity index (χ3v) is 5.58. The molecule has 2 aromatic heterocycles. The van der Waals surface area contributed by atoms with Crippen molar-refractivity contribution in [1.29, 1.82) is 0 Å². The Morgan fingerprint density at radius 2 is 2.00 bits per heavy atom. The molecular formula is C18H23N5O8P+. The number of hydrogen-bond donors (Lipinski definition) is 6. The van der Waals surface area contributed by atoms with E-state index in [1.165, 1.54) is 15.5 Å². The molecule has 0 aliphatic carbocycles. The highest BCUT2D eigenvalue weighted by Gasteiger charge is 2.47. The minimum atomic E-state index is -4.79. The van der Waals surface area contributed by atoms with Gasteiger partial charge in [-0.1, -0.05) is 35.3 Å². The molecule has 0 unspecified atom stereocenters. The number of ether oxygens (including phenoxy) is 1. The van der Waals surface area contributed by atoms with Crippen LogP contribution in [-0.4, -0.2) is 59.5 Å². The summed E-state index contributed by atoms with van der Waals surface area (Å²) < 4.78 is 23.8. The zero-order chi connectivity index (χ0) is 23.0. The normalized spacial score (nSPS) is 23.7. The maximum atomic E-state index is 12.7. The van der Waals surface area contributed by atoms with Gasteiger partial charge in [-0.3, -0.25) is 18.9 Å². The molecule has 6 N–H and O–H groups in total. The number of phosphoric ester groups is 1. The Balaban J connectivity index is 1.63. The summed E-state index contributed by atoms with van der Waals surface area (Å²) in [4.78, 5) is 37.5.